The average molecular weight is 289 g/mol. The highest BCUT2D eigenvalue weighted by atomic mass is 16.5. The quantitative estimate of drug-likeness (QED) is 0.604. The maximum atomic E-state index is 12.2. The van der Waals surface area contributed by atoms with Gasteiger partial charge >= 0.3 is 5.97 Å². The van der Waals surface area contributed by atoms with E-state index in [9.17, 15) is 4.79 Å². The van der Waals surface area contributed by atoms with Crippen LogP contribution in [-0.4, -0.2) is 11.5 Å². The lowest BCUT2D eigenvalue weighted by Crippen LogP contribution is -2.37. The highest BCUT2D eigenvalue weighted by Gasteiger charge is 2.33. The normalized spacial score (nSPS) is 20.4. The molecule has 0 amide bonds. The van der Waals surface area contributed by atoms with Gasteiger partial charge in [0.05, 0.1) is 5.41 Å². The summed E-state index contributed by atoms with van der Waals surface area (Å²) < 4.78 is 5.69. The fraction of sp³-hybridized carbons (Fsp3) is 0.611. The van der Waals surface area contributed by atoms with Crippen LogP contribution in [-0.2, 0) is 4.79 Å². The van der Waals surface area contributed by atoms with Crippen LogP contribution in [0.5, 0.6) is 5.75 Å². The molecule has 1 N–H and O–H groups in total. The maximum absolute atomic E-state index is 12.2. The number of nitrogens with one attached hydrogen (secondary N) is 1. The van der Waals surface area contributed by atoms with E-state index in [1.807, 2.05) is 32.9 Å². The predicted molar refractivity (Wildman–Crippen MR) is 87.0 cm³/mol. The molecule has 1 aliphatic heterocycles. The van der Waals surface area contributed by atoms with Gasteiger partial charge in [0.15, 0.2) is 0 Å². The highest BCUT2D eigenvalue weighted by Crippen LogP contribution is 2.45. The number of aryl methyl sites for hydroxylation is 1. The Balaban J connectivity index is 2.45. The van der Waals surface area contributed by atoms with Crippen molar-refractivity contribution in [1.29, 1.82) is 0 Å². The average Bonchev–Trinajstić information content (AvgIpc) is 2.30. The monoisotopic (exact) mass is 289 g/mol. The molecule has 1 aromatic rings. The number of carbonyl (C=O) groups is 1. The summed E-state index contributed by atoms with van der Waals surface area (Å²) in [5, 5.41) is 3.60. The van der Waals surface area contributed by atoms with Gasteiger partial charge in [-0.3, -0.25) is 4.79 Å². The van der Waals surface area contributed by atoms with Crippen molar-refractivity contribution >= 4 is 11.7 Å². The third kappa shape index (κ3) is 3.22. The molecule has 1 aromatic carbocycles. The summed E-state index contributed by atoms with van der Waals surface area (Å²) in [6.07, 6.45) is 1.02. The minimum Gasteiger partial charge on any atom is -0.426 e. The molecule has 0 radical (unpaired) electrons. The number of rotatable bonds is 1. The van der Waals surface area contributed by atoms with Crippen LogP contribution in [0.15, 0.2) is 12.1 Å². The van der Waals surface area contributed by atoms with Gasteiger partial charge < -0.3 is 10.1 Å². The highest BCUT2D eigenvalue weighted by molar-refractivity contribution is 5.79. The summed E-state index contributed by atoms with van der Waals surface area (Å²) in [7, 11) is 0. The molecule has 0 bridgehead atoms. The molecular weight excluding hydrogens is 262 g/mol. The predicted octanol–water partition coefficient (Wildman–Crippen LogP) is 4.64. The zero-order valence-electron chi connectivity index (χ0n) is 14.3. The van der Waals surface area contributed by atoms with Gasteiger partial charge in [-0.05, 0) is 65.5 Å². The number of benzene rings is 1. The van der Waals surface area contributed by atoms with Crippen molar-refractivity contribution in [2.45, 2.75) is 66.3 Å². The van der Waals surface area contributed by atoms with E-state index >= 15 is 0 Å². The number of hydrogen-bond acceptors (Lipinski definition) is 3. The second-order valence-electron chi connectivity index (χ2n) is 7.92. The van der Waals surface area contributed by atoms with Crippen LogP contribution < -0.4 is 10.1 Å². The molecule has 0 aromatic heterocycles. The Morgan fingerprint density at radius 2 is 1.95 bits per heavy atom. The molecule has 0 spiro atoms. The van der Waals surface area contributed by atoms with Gasteiger partial charge in [0, 0.05) is 16.8 Å². The first-order valence-corrected chi connectivity index (χ1v) is 7.65. The van der Waals surface area contributed by atoms with Crippen LogP contribution in [0.1, 0.15) is 65.0 Å². The van der Waals surface area contributed by atoms with E-state index in [0.717, 1.165) is 17.7 Å². The second-order valence-corrected chi connectivity index (χ2v) is 7.92. The Bertz CT molecular complexity index is 567. The topological polar surface area (TPSA) is 38.3 Å². The molecule has 1 unspecified atom stereocenters. The summed E-state index contributed by atoms with van der Waals surface area (Å²) in [4.78, 5) is 12.2. The molecule has 3 nitrogen and oxygen atoms in total. The summed E-state index contributed by atoms with van der Waals surface area (Å²) in [5.74, 6) is 0.871. The Labute approximate surface area is 128 Å². The molecule has 1 heterocycles. The molecule has 116 valence electrons. The van der Waals surface area contributed by atoms with Crippen molar-refractivity contribution in [3.05, 3.63) is 23.3 Å². The third-order valence-electron chi connectivity index (χ3n) is 4.00. The molecule has 1 aliphatic rings. The van der Waals surface area contributed by atoms with Crippen molar-refractivity contribution in [2.75, 3.05) is 5.32 Å². The van der Waals surface area contributed by atoms with E-state index in [-0.39, 0.29) is 11.5 Å². The van der Waals surface area contributed by atoms with Crippen LogP contribution >= 0.6 is 0 Å². The van der Waals surface area contributed by atoms with E-state index < -0.39 is 5.41 Å². The molecule has 3 heteroatoms. The van der Waals surface area contributed by atoms with E-state index in [1.54, 1.807) is 0 Å². The first kappa shape index (κ1) is 15.9. The van der Waals surface area contributed by atoms with E-state index in [2.05, 4.69) is 33.0 Å². The molecule has 0 saturated heterocycles. The Morgan fingerprint density at radius 1 is 1.33 bits per heavy atom. The minimum absolute atomic E-state index is 0.0594. The Kier molecular flexibility index (Phi) is 3.81. The zero-order valence-corrected chi connectivity index (χ0v) is 14.3. The van der Waals surface area contributed by atoms with Gasteiger partial charge in [-0.25, -0.2) is 0 Å². The van der Waals surface area contributed by atoms with Crippen molar-refractivity contribution < 1.29 is 9.53 Å². The smallest absolute Gasteiger partial charge is 0.316 e. The summed E-state index contributed by atoms with van der Waals surface area (Å²) >= 11 is 0. The SMILES string of the molecule is Cc1ccc(OC(=O)C(C)(C)C)c2c1NC(C)(C)CC2C. The van der Waals surface area contributed by atoms with Gasteiger partial charge in [-0.15, -0.1) is 0 Å². The molecule has 21 heavy (non-hydrogen) atoms. The molecule has 0 aliphatic carbocycles. The van der Waals surface area contributed by atoms with Crippen LogP contribution in [0, 0.1) is 12.3 Å². The van der Waals surface area contributed by atoms with Gasteiger partial charge in [0.2, 0.25) is 0 Å². The molecule has 0 saturated carbocycles. The van der Waals surface area contributed by atoms with Crippen LogP contribution in [0.3, 0.4) is 0 Å². The fourth-order valence-corrected chi connectivity index (χ4v) is 2.96. The molecule has 1 atom stereocenters. The van der Waals surface area contributed by atoms with Crippen LogP contribution in [0.4, 0.5) is 5.69 Å². The number of esters is 1. The standard InChI is InChI=1S/C18H27NO2/c1-11-8-9-13(21-16(20)17(3,4)5)14-12(2)10-18(6,7)19-15(11)14/h8-9,12,19H,10H2,1-7H3. The van der Waals surface area contributed by atoms with Crippen molar-refractivity contribution in [3.8, 4) is 5.75 Å². The third-order valence-corrected chi connectivity index (χ3v) is 4.00. The van der Waals surface area contributed by atoms with Crippen molar-refractivity contribution in [2.24, 2.45) is 5.41 Å². The lowest BCUT2D eigenvalue weighted by Gasteiger charge is -2.39. The van der Waals surface area contributed by atoms with Crippen LogP contribution in [0.25, 0.3) is 0 Å². The van der Waals surface area contributed by atoms with E-state index in [1.165, 1.54) is 5.56 Å². The van der Waals surface area contributed by atoms with Crippen molar-refractivity contribution in [1.82, 2.24) is 0 Å². The largest absolute Gasteiger partial charge is 0.426 e. The van der Waals surface area contributed by atoms with Gasteiger partial charge in [-0.2, -0.15) is 0 Å². The molecule has 2 rings (SSSR count). The number of fused-ring (bicyclic) bond motifs is 1. The molecule has 0 fully saturated rings. The van der Waals surface area contributed by atoms with E-state index in [4.69, 9.17) is 4.74 Å². The lowest BCUT2D eigenvalue weighted by molar-refractivity contribution is -0.143. The number of ether oxygens (including phenoxy) is 1. The first-order valence-electron chi connectivity index (χ1n) is 7.65. The van der Waals surface area contributed by atoms with Crippen LogP contribution in [0.2, 0.25) is 0 Å². The number of hydrogen-bond donors (Lipinski definition) is 1. The van der Waals surface area contributed by atoms with E-state index in [0.29, 0.717) is 11.7 Å². The fourth-order valence-electron chi connectivity index (χ4n) is 2.96. The van der Waals surface area contributed by atoms with Gasteiger partial charge in [0.1, 0.15) is 5.75 Å². The maximum Gasteiger partial charge on any atom is 0.316 e. The zero-order chi connectivity index (χ0) is 16.0. The molecular formula is C18H27NO2. The van der Waals surface area contributed by atoms with Crippen molar-refractivity contribution in [3.63, 3.8) is 0 Å². The summed E-state index contributed by atoms with van der Waals surface area (Å²) in [6, 6.07) is 3.94. The first-order chi connectivity index (χ1) is 9.51. The lowest BCUT2D eigenvalue weighted by atomic mass is 9.80. The summed E-state index contributed by atoms with van der Waals surface area (Å²) in [6.45, 7) is 14.3. The number of anilines is 1. The number of carbonyl (C=O) groups excluding carboxylic acids is 1. The Hall–Kier alpha value is -1.51. The summed E-state index contributed by atoms with van der Waals surface area (Å²) in [5.41, 5.74) is 3.01. The Morgan fingerprint density at radius 3 is 2.52 bits per heavy atom. The minimum atomic E-state index is -0.498. The second kappa shape index (κ2) is 5.04. The van der Waals surface area contributed by atoms with Gasteiger partial charge in [0.25, 0.3) is 0 Å². The van der Waals surface area contributed by atoms with Gasteiger partial charge in [-0.1, -0.05) is 13.0 Å².